The molecule has 128 valence electrons. The summed E-state index contributed by atoms with van der Waals surface area (Å²) in [6.45, 7) is 1.96. The number of aryl methyl sites for hydroxylation is 1. The van der Waals surface area contributed by atoms with Gasteiger partial charge >= 0.3 is 0 Å². The second-order valence-electron chi connectivity index (χ2n) is 5.51. The molecule has 0 atom stereocenters. The fourth-order valence-electron chi connectivity index (χ4n) is 2.26. The van der Waals surface area contributed by atoms with Gasteiger partial charge < -0.3 is 10.1 Å². The Labute approximate surface area is 159 Å². The standard InChI is InChI=1S/C20H14BrN3O2/c1-13-4-2-3-5-19(13)26-16-7-9-18(23-12-16)20(25)24-15-6-8-17(21)14(10-15)11-22/h2-10,12H,1H3,(H,24,25). The highest BCUT2D eigenvalue weighted by molar-refractivity contribution is 9.10. The summed E-state index contributed by atoms with van der Waals surface area (Å²) in [5, 5.41) is 11.8. The van der Waals surface area contributed by atoms with E-state index in [1.807, 2.05) is 31.2 Å². The first-order chi connectivity index (χ1) is 12.6. The van der Waals surface area contributed by atoms with E-state index in [4.69, 9.17) is 10.00 Å². The minimum Gasteiger partial charge on any atom is -0.455 e. The quantitative estimate of drug-likeness (QED) is 0.654. The summed E-state index contributed by atoms with van der Waals surface area (Å²) >= 11 is 3.28. The maximum absolute atomic E-state index is 12.3. The fraction of sp³-hybridized carbons (Fsp3) is 0.0500. The van der Waals surface area contributed by atoms with Crippen LogP contribution in [0, 0.1) is 18.3 Å². The Hall–Kier alpha value is -3.17. The summed E-state index contributed by atoms with van der Waals surface area (Å²) in [5.41, 5.74) is 2.23. The molecule has 3 rings (SSSR count). The minimum atomic E-state index is -0.362. The first kappa shape index (κ1) is 17.6. The third-order valence-electron chi connectivity index (χ3n) is 3.64. The van der Waals surface area contributed by atoms with Gasteiger partial charge in [0, 0.05) is 10.2 Å². The van der Waals surface area contributed by atoms with Gasteiger partial charge in [0.15, 0.2) is 0 Å². The van der Waals surface area contributed by atoms with Crippen molar-refractivity contribution in [1.82, 2.24) is 4.98 Å². The molecule has 6 heteroatoms. The van der Waals surface area contributed by atoms with Crippen LogP contribution < -0.4 is 10.1 Å². The summed E-state index contributed by atoms with van der Waals surface area (Å²) in [4.78, 5) is 16.5. The van der Waals surface area contributed by atoms with Crippen molar-refractivity contribution in [2.75, 3.05) is 5.32 Å². The van der Waals surface area contributed by atoms with Gasteiger partial charge in [-0.2, -0.15) is 5.26 Å². The molecular formula is C20H14BrN3O2. The summed E-state index contributed by atoms with van der Waals surface area (Å²) in [5.74, 6) is 0.926. The Balaban J connectivity index is 1.71. The molecule has 0 unspecified atom stereocenters. The second kappa shape index (κ2) is 7.81. The van der Waals surface area contributed by atoms with Crippen molar-refractivity contribution in [3.63, 3.8) is 0 Å². The maximum atomic E-state index is 12.3. The number of para-hydroxylation sites is 1. The molecule has 0 bridgehead atoms. The number of rotatable bonds is 4. The Morgan fingerprint density at radius 1 is 1.19 bits per heavy atom. The molecule has 0 spiro atoms. The average Bonchev–Trinajstić information content (AvgIpc) is 2.65. The Bertz CT molecular complexity index is 995. The molecule has 2 aromatic carbocycles. The number of ether oxygens (including phenoxy) is 1. The molecule has 1 N–H and O–H groups in total. The van der Waals surface area contributed by atoms with Crippen LogP contribution in [0.4, 0.5) is 5.69 Å². The Morgan fingerprint density at radius 3 is 2.69 bits per heavy atom. The van der Waals surface area contributed by atoms with E-state index < -0.39 is 0 Å². The number of amides is 1. The van der Waals surface area contributed by atoms with Crippen LogP contribution in [0.1, 0.15) is 21.6 Å². The third-order valence-corrected chi connectivity index (χ3v) is 4.33. The van der Waals surface area contributed by atoms with Gasteiger partial charge in [0.05, 0.1) is 11.8 Å². The SMILES string of the molecule is Cc1ccccc1Oc1ccc(C(=O)Nc2ccc(Br)c(C#N)c2)nc1. The van der Waals surface area contributed by atoms with Gasteiger partial charge in [-0.15, -0.1) is 0 Å². The zero-order valence-corrected chi connectivity index (χ0v) is 15.4. The van der Waals surface area contributed by atoms with Crippen molar-refractivity contribution in [3.8, 4) is 17.6 Å². The number of aromatic nitrogens is 1. The highest BCUT2D eigenvalue weighted by atomic mass is 79.9. The number of carbonyl (C=O) groups excluding carboxylic acids is 1. The smallest absolute Gasteiger partial charge is 0.274 e. The van der Waals surface area contributed by atoms with E-state index in [0.29, 0.717) is 21.5 Å². The molecule has 26 heavy (non-hydrogen) atoms. The summed E-state index contributed by atoms with van der Waals surface area (Å²) < 4.78 is 6.44. The van der Waals surface area contributed by atoms with Crippen molar-refractivity contribution >= 4 is 27.5 Å². The number of benzene rings is 2. The molecule has 0 saturated heterocycles. The lowest BCUT2D eigenvalue weighted by Crippen LogP contribution is -2.13. The van der Waals surface area contributed by atoms with Crippen LogP contribution in [0.15, 0.2) is 65.3 Å². The third kappa shape index (κ3) is 4.08. The van der Waals surface area contributed by atoms with Crippen LogP contribution in [0.25, 0.3) is 0 Å². The highest BCUT2D eigenvalue weighted by Crippen LogP contribution is 2.24. The van der Waals surface area contributed by atoms with Crippen LogP contribution in [-0.2, 0) is 0 Å². The number of hydrogen-bond acceptors (Lipinski definition) is 4. The Morgan fingerprint density at radius 2 is 2.00 bits per heavy atom. The van der Waals surface area contributed by atoms with E-state index >= 15 is 0 Å². The predicted molar refractivity (Wildman–Crippen MR) is 102 cm³/mol. The van der Waals surface area contributed by atoms with Gasteiger partial charge in [-0.1, -0.05) is 18.2 Å². The lowest BCUT2D eigenvalue weighted by molar-refractivity contribution is 0.102. The van der Waals surface area contributed by atoms with Crippen molar-refractivity contribution in [3.05, 3.63) is 82.1 Å². The first-order valence-electron chi connectivity index (χ1n) is 7.77. The van der Waals surface area contributed by atoms with Gasteiger partial charge in [0.1, 0.15) is 23.3 Å². The van der Waals surface area contributed by atoms with Gasteiger partial charge in [-0.05, 0) is 64.8 Å². The van der Waals surface area contributed by atoms with Crippen LogP contribution in [0.5, 0.6) is 11.5 Å². The first-order valence-corrected chi connectivity index (χ1v) is 8.56. The molecule has 0 fully saturated rings. The topological polar surface area (TPSA) is 75.0 Å². The van der Waals surface area contributed by atoms with E-state index in [-0.39, 0.29) is 11.6 Å². The molecule has 1 amide bonds. The maximum Gasteiger partial charge on any atom is 0.274 e. The molecule has 0 aliphatic rings. The van der Waals surface area contributed by atoms with Gasteiger partial charge in [0.2, 0.25) is 0 Å². The van der Waals surface area contributed by atoms with Crippen molar-refractivity contribution < 1.29 is 9.53 Å². The van der Waals surface area contributed by atoms with Crippen LogP contribution in [0.2, 0.25) is 0 Å². The van der Waals surface area contributed by atoms with E-state index in [0.717, 1.165) is 11.3 Å². The molecule has 0 aliphatic heterocycles. The summed E-state index contributed by atoms with van der Waals surface area (Å²) in [6, 6.07) is 18.0. The van der Waals surface area contributed by atoms with Gasteiger partial charge in [0.25, 0.3) is 5.91 Å². The van der Waals surface area contributed by atoms with E-state index in [2.05, 4.69) is 32.3 Å². The molecule has 3 aromatic rings. The molecule has 0 radical (unpaired) electrons. The van der Waals surface area contributed by atoms with E-state index in [1.54, 1.807) is 30.3 Å². The highest BCUT2D eigenvalue weighted by Gasteiger charge is 2.10. The zero-order chi connectivity index (χ0) is 18.5. The largest absolute Gasteiger partial charge is 0.455 e. The zero-order valence-electron chi connectivity index (χ0n) is 13.9. The fourth-order valence-corrected chi connectivity index (χ4v) is 2.59. The Kier molecular flexibility index (Phi) is 5.30. The molecule has 1 heterocycles. The van der Waals surface area contributed by atoms with Crippen molar-refractivity contribution in [2.24, 2.45) is 0 Å². The lowest BCUT2D eigenvalue weighted by atomic mass is 10.2. The van der Waals surface area contributed by atoms with Gasteiger partial charge in [-0.3, -0.25) is 4.79 Å². The van der Waals surface area contributed by atoms with Crippen LogP contribution >= 0.6 is 15.9 Å². The number of nitrogens with zero attached hydrogens (tertiary/aromatic N) is 2. The molecule has 0 aliphatic carbocycles. The number of carbonyl (C=O) groups is 1. The lowest BCUT2D eigenvalue weighted by Gasteiger charge is -2.09. The summed E-state index contributed by atoms with van der Waals surface area (Å²) in [6.07, 6.45) is 1.50. The normalized spacial score (nSPS) is 10.0. The number of halogens is 1. The number of nitriles is 1. The predicted octanol–water partition coefficient (Wildman–Crippen LogP) is 5.07. The monoisotopic (exact) mass is 407 g/mol. The second-order valence-corrected chi connectivity index (χ2v) is 6.36. The van der Waals surface area contributed by atoms with Crippen LogP contribution in [0.3, 0.4) is 0 Å². The summed E-state index contributed by atoms with van der Waals surface area (Å²) in [7, 11) is 0. The molecule has 1 aromatic heterocycles. The van der Waals surface area contributed by atoms with Gasteiger partial charge in [-0.25, -0.2) is 4.98 Å². The number of nitrogens with one attached hydrogen (secondary N) is 1. The number of pyridine rings is 1. The van der Waals surface area contributed by atoms with Crippen molar-refractivity contribution in [2.45, 2.75) is 6.92 Å². The van der Waals surface area contributed by atoms with E-state index in [9.17, 15) is 4.79 Å². The average molecular weight is 408 g/mol. The molecule has 0 saturated carbocycles. The molecular weight excluding hydrogens is 394 g/mol. The van der Waals surface area contributed by atoms with E-state index in [1.165, 1.54) is 6.20 Å². The number of hydrogen-bond donors (Lipinski definition) is 1. The minimum absolute atomic E-state index is 0.253. The van der Waals surface area contributed by atoms with Crippen LogP contribution in [-0.4, -0.2) is 10.9 Å². The number of anilines is 1. The molecule has 5 nitrogen and oxygen atoms in total. The van der Waals surface area contributed by atoms with Crippen molar-refractivity contribution in [1.29, 1.82) is 5.26 Å².